The SMILES string of the molecule is C/C=C/C(C)(C)CC1C(C(=O)O)C(c2ccc3c(c2)OCO3)CN1CC(=O)N(c1ccc(F)c(C)c1)C(CCC)CCC. The van der Waals surface area contributed by atoms with Gasteiger partial charge in [0.15, 0.2) is 11.5 Å². The summed E-state index contributed by atoms with van der Waals surface area (Å²) in [5.74, 6) is -1.07. The Hall–Kier alpha value is -3.39. The van der Waals surface area contributed by atoms with Crippen LogP contribution in [0.5, 0.6) is 11.5 Å². The monoisotopic (exact) mass is 594 g/mol. The van der Waals surface area contributed by atoms with E-state index < -0.39 is 11.9 Å². The number of hydrogen-bond donors (Lipinski definition) is 1. The van der Waals surface area contributed by atoms with Crippen molar-refractivity contribution in [3.8, 4) is 11.5 Å². The lowest BCUT2D eigenvalue weighted by Gasteiger charge is -2.36. The number of aliphatic carboxylic acids is 1. The Balaban J connectivity index is 1.73. The van der Waals surface area contributed by atoms with E-state index in [-0.39, 0.29) is 48.5 Å². The van der Waals surface area contributed by atoms with E-state index in [0.29, 0.717) is 35.7 Å². The smallest absolute Gasteiger partial charge is 0.308 e. The number of rotatable bonds is 13. The molecule has 0 aromatic heterocycles. The van der Waals surface area contributed by atoms with Crippen molar-refractivity contribution in [1.29, 1.82) is 0 Å². The first-order valence-electron chi connectivity index (χ1n) is 15.6. The molecule has 4 rings (SSSR count). The molecule has 0 bridgehead atoms. The molecule has 2 heterocycles. The summed E-state index contributed by atoms with van der Waals surface area (Å²) < 4.78 is 25.4. The standard InChI is InChI=1S/C35H47FN2O5/c1-7-10-25(11-8-2)38(26-13-14-28(36)23(4)17-26)32(39)21-37-20-27(24-12-15-30-31(18-24)43-22-42-30)33(34(40)41)29(37)19-35(5,6)16-9-3/h9,12-18,25,27,29,33H,7-8,10-11,19-22H2,1-6H3,(H,40,41)/b16-9+. The molecule has 0 radical (unpaired) electrons. The lowest BCUT2D eigenvalue weighted by Crippen LogP contribution is -2.48. The van der Waals surface area contributed by atoms with Crippen LogP contribution in [0.15, 0.2) is 48.6 Å². The van der Waals surface area contributed by atoms with E-state index >= 15 is 0 Å². The number of carbonyl (C=O) groups excluding carboxylic acids is 1. The number of allylic oxidation sites excluding steroid dienone is 2. The lowest BCUT2D eigenvalue weighted by atomic mass is 9.77. The van der Waals surface area contributed by atoms with Crippen molar-refractivity contribution in [3.05, 3.63) is 65.5 Å². The molecular weight excluding hydrogens is 547 g/mol. The summed E-state index contributed by atoms with van der Waals surface area (Å²) >= 11 is 0. The predicted molar refractivity (Wildman–Crippen MR) is 167 cm³/mol. The molecule has 0 aliphatic carbocycles. The Bertz CT molecular complexity index is 1320. The first kappa shape index (κ1) is 32.5. The van der Waals surface area contributed by atoms with Crippen LogP contribution in [0.3, 0.4) is 0 Å². The normalized spacial score (nSPS) is 20.3. The molecule has 234 valence electrons. The topological polar surface area (TPSA) is 79.3 Å². The van der Waals surface area contributed by atoms with Crippen molar-refractivity contribution in [3.63, 3.8) is 0 Å². The summed E-state index contributed by atoms with van der Waals surface area (Å²) in [7, 11) is 0. The third-order valence-electron chi connectivity index (χ3n) is 8.85. The first-order valence-corrected chi connectivity index (χ1v) is 15.6. The van der Waals surface area contributed by atoms with Gasteiger partial charge in [0.2, 0.25) is 12.7 Å². The minimum Gasteiger partial charge on any atom is -0.481 e. The van der Waals surface area contributed by atoms with Gasteiger partial charge in [0.25, 0.3) is 0 Å². The highest BCUT2D eigenvalue weighted by atomic mass is 19.1. The van der Waals surface area contributed by atoms with Gasteiger partial charge in [0.05, 0.1) is 12.5 Å². The summed E-state index contributed by atoms with van der Waals surface area (Å²) in [6.07, 6.45) is 8.14. The van der Waals surface area contributed by atoms with Crippen molar-refractivity contribution >= 4 is 17.6 Å². The second kappa shape index (κ2) is 13.9. The van der Waals surface area contributed by atoms with Gasteiger partial charge in [-0.2, -0.15) is 0 Å². The molecule has 3 atom stereocenters. The molecule has 1 amide bonds. The molecule has 2 aromatic rings. The number of carboxylic acids is 1. The Kier molecular flexibility index (Phi) is 10.5. The van der Waals surface area contributed by atoms with E-state index in [4.69, 9.17) is 9.47 Å². The van der Waals surface area contributed by atoms with Crippen LogP contribution < -0.4 is 14.4 Å². The van der Waals surface area contributed by atoms with E-state index in [9.17, 15) is 19.1 Å². The summed E-state index contributed by atoms with van der Waals surface area (Å²) in [5.41, 5.74) is 1.76. The van der Waals surface area contributed by atoms with E-state index in [0.717, 1.165) is 31.2 Å². The average Bonchev–Trinajstić information content (AvgIpc) is 3.55. The Morgan fingerprint density at radius 3 is 2.44 bits per heavy atom. The highest BCUT2D eigenvalue weighted by Gasteiger charge is 2.49. The van der Waals surface area contributed by atoms with E-state index in [1.54, 1.807) is 19.1 Å². The zero-order valence-corrected chi connectivity index (χ0v) is 26.4. The predicted octanol–water partition coefficient (Wildman–Crippen LogP) is 7.33. The molecule has 2 aliphatic rings. The second-order valence-corrected chi connectivity index (χ2v) is 12.7. The van der Waals surface area contributed by atoms with Crippen molar-refractivity contribution in [2.24, 2.45) is 11.3 Å². The number of carbonyl (C=O) groups is 2. The van der Waals surface area contributed by atoms with Crippen LogP contribution in [0.4, 0.5) is 10.1 Å². The van der Waals surface area contributed by atoms with Crippen LogP contribution >= 0.6 is 0 Å². The largest absolute Gasteiger partial charge is 0.481 e. The molecule has 43 heavy (non-hydrogen) atoms. The maximum atomic E-state index is 14.4. The van der Waals surface area contributed by atoms with E-state index in [2.05, 4.69) is 38.7 Å². The van der Waals surface area contributed by atoms with Crippen molar-refractivity contribution in [2.45, 2.75) is 91.6 Å². The number of fused-ring (bicyclic) bond motifs is 1. The summed E-state index contributed by atoms with van der Waals surface area (Å²) in [4.78, 5) is 31.3. The molecule has 2 aliphatic heterocycles. The molecule has 7 nitrogen and oxygen atoms in total. The zero-order chi connectivity index (χ0) is 31.3. The fourth-order valence-corrected chi connectivity index (χ4v) is 6.94. The maximum absolute atomic E-state index is 14.4. The van der Waals surface area contributed by atoms with Crippen LogP contribution in [0.1, 0.15) is 83.8 Å². The van der Waals surface area contributed by atoms with Gasteiger partial charge in [-0.1, -0.05) is 58.8 Å². The highest BCUT2D eigenvalue weighted by molar-refractivity contribution is 5.95. The number of amides is 1. The van der Waals surface area contributed by atoms with Crippen LogP contribution in [0.2, 0.25) is 0 Å². The number of likely N-dealkylation sites (tertiary alicyclic amines) is 1. The summed E-state index contributed by atoms with van der Waals surface area (Å²) in [6.45, 7) is 12.7. The van der Waals surface area contributed by atoms with Gasteiger partial charge in [0.1, 0.15) is 5.82 Å². The summed E-state index contributed by atoms with van der Waals surface area (Å²) in [6, 6.07) is 10.1. The molecule has 1 fully saturated rings. The number of benzene rings is 2. The third-order valence-corrected chi connectivity index (χ3v) is 8.85. The first-order chi connectivity index (χ1) is 20.5. The zero-order valence-electron chi connectivity index (χ0n) is 26.4. The number of halogens is 1. The maximum Gasteiger partial charge on any atom is 0.308 e. The number of aryl methyl sites for hydroxylation is 1. The molecule has 1 N–H and O–H groups in total. The number of carboxylic acid groups (broad SMARTS) is 1. The van der Waals surface area contributed by atoms with E-state index in [1.165, 1.54) is 6.07 Å². The third kappa shape index (κ3) is 7.40. The molecule has 1 saturated heterocycles. The number of hydrogen-bond acceptors (Lipinski definition) is 5. The Morgan fingerprint density at radius 1 is 1.12 bits per heavy atom. The molecule has 0 spiro atoms. The average molecular weight is 595 g/mol. The number of nitrogens with zero attached hydrogens (tertiary/aromatic N) is 2. The van der Waals surface area contributed by atoms with Gasteiger partial charge >= 0.3 is 5.97 Å². The summed E-state index contributed by atoms with van der Waals surface area (Å²) in [5, 5.41) is 10.6. The van der Waals surface area contributed by atoms with Crippen LogP contribution in [0, 0.1) is 24.1 Å². The van der Waals surface area contributed by atoms with Gasteiger partial charge in [0, 0.05) is 30.2 Å². The van der Waals surface area contributed by atoms with Gasteiger partial charge in [-0.05, 0) is 80.0 Å². The Morgan fingerprint density at radius 2 is 1.81 bits per heavy atom. The molecule has 2 aromatic carbocycles. The highest BCUT2D eigenvalue weighted by Crippen LogP contribution is 2.45. The van der Waals surface area contributed by atoms with Crippen molar-refractivity contribution < 1.29 is 28.6 Å². The lowest BCUT2D eigenvalue weighted by molar-refractivity contribution is -0.143. The van der Waals surface area contributed by atoms with Crippen LogP contribution in [-0.2, 0) is 9.59 Å². The molecule has 3 unspecified atom stereocenters. The van der Waals surface area contributed by atoms with Gasteiger partial charge in [-0.3, -0.25) is 14.5 Å². The second-order valence-electron chi connectivity index (χ2n) is 12.7. The molecular formula is C35H47FN2O5. The van der Waals surface area contributed by atoms with Gasteiger partial charge < -0.3 is 19.5 Å². The van der Waals surface area contributed by atoms with E-state index in [1.807, 2.05) is 36.1 Å². The van der Waals surface area contributed by atoms with Crippen LogP contribution in [-0.4, -0.2) is 53.8 Å². The molecule has 0 saturated carbocycles. The fourth-order valence-electron chi connectivity index (χ4n) is 6.94. The number of ether oxygens (including phenoxy) is 2. The fraction of sp³-hybridized carbons (Fsp3) is 0.543. The number of anilines is 1. The minimum atomic E-state index is -0.875. The van der Waals surface area contributed by atoms with Crippen LogP contribution in [0.25, 0.3) is 0 Å². The van der Waals surface area contributed by atoms with Gasteiger partial charge in [-0.15, -0.1) is 0 Å². The van der Waals surface area contributed by atoms with Crippen molar-refractivity contribution in [1.82, 2.24) is 4.90 Å². The Labute approximate surface area is 255 Å². The van der Waals surface area contributed by atoms with Gasteiger partial charge in [-0.25, -0.2) is 4.39 Å². The minimum absolute atomic E-state index is 0.0344. The molecule has 8 heteroatoms. The van der Waals surface area contributed by atoms with Crippen molar-refractivity contribution in [2.75, 3.05) is 24.8 Å². The quantitative estimate of drug-likeness (QED) is 0.245.